The number of aliphatic hydroxyl groups is 1. The van der Waals surface area contributed by atoms with Crippen molar-refractivity contribution in [3.05, 3.63) is 29.3 Å². The number of carbonyl (C=O) groups is 1. The molecule has 36 heavy (non-hydrogen) atoms. The summed E-state index contributed by atoms with van der Waals surface area (Å²) in [6.07, 6.45) is 5.60. The van der Waals surface area contributed by atoms with Crippen LogP contribution in [0.3, 0.4) is 0 Å². The second kappa shape index (κ2) is 10.3. The first-order chi connectivity index (χ1) is 17.0. The quantitative estimate of drug-likeness (QED) is 0.467. The number of esters is 1. The number of rotatable bonds is 5. The maximum Gasteiger partial charge on any atom is 0.303 e. The standard InChI is InChI=1S/C27H39N6O3/c1-16-12-23-21(7-6-18(3)27(23,35)13-24(16)36-20(5)34)17(2)15-32-8-10-33(11-9-32)26-30-19(4)22(14-28)25(29)31-26/h12-13,17-18,21,23-24,35H,6-11,15H2,1-5H3,(H2,29,30,31)/t17?,18-,21+,23-,24-,27-/m1/s1. The van der Waals surface area contributed by atoms with Crippen LogP contribution in [-0.4, -0.2) is 70.4 Å². The van der Waals surface area contributed by atoms with Crippen molar-refractivity contribution < 1.29 is 14.6 Å². The van der Waals surface area contributed by atoms with Gasteiger partial charge >= 0.3 is 5.97 Å². The van der Waals surface area contributed by atoms with E-state index < -0.39 is 11.7 Å². The van der Waals surface area contributed by atoms with Gasteiger partial charge < -0.3 is 20.5 Å². The number of nitrogens with two attached hydrogens (primary N) is 1. The molecule has 4 rings (SSSR count). The van der Waals surface area contributed by atoms with Crippen LogP contribution in [-0.2, 0) is 9.53 Å². The number of hydrogen-bond acceptors (Lipinski definition) is 9. The van der Waals surface area contributed by atoms with E-state index in [1.54, 1.807) is 6.92 Å². The predicted molar refractivity (Wildman–Crippen MR) is 138 cm³/mol. The third kappa shape index (κ3) is 5.07. The molecule has 1 radical (unpaired) electrons. The average molecular weight is 496 g/mol. The second-order valence-electron chi connectivity index (χ2n) is 10.9. The van der Waals surface area contributed by atoms with E-state index in [9.17, 15) is 15.2 Å². The largest absolute Gasteiger partial charge is 0.458 e. The minimum atomic E-state index is -0.972. The number of hydrogen-bond donors (Lipinski definition) is 2. The van der Waals surface area contributed by atoms with E-state index in [4.69, 9.17) is 10.5 Å². The number of fused-ring (bicyclic) bond motifs is 1. The molecule has 2 aliphatic carbocycles. The van der Waals surface area contributed by atoms with Crippen LogP contribution in [0.15, 0.2) is 11.6 Å². The maximum atomic E-state index is 11.8. The van der Waals surface area contributed by atoms with Crippen LogP contribution in [0.25, 0.3) is 0 Å². The molecule has 1 aliphatic heterocycles. The third-order valence-electron chi connectivity index (χ3n) is 8.47. The fraction of sp³-hybridized carbons (Fsp3) is 0.667. The van der Waals surface area contributed by atoms with Crippen LogP contribution in [0.4, 0.5) is 11.8 Å². The minimum absolute atomic E-state index is 0.0161. The predicted octanol–water partition coefficient (Wildman–Crippen LogP) is 2.49. The summed E-state index contributed by atoms with van der Waals surface area (Å²) in [4.78, 5) is 25.1. The van der Waals surface area contributed by atoms with Gasteiger partial charge in [-0.2, -0.15) is 10.2 Å². The highest BCUT2D eigenvalue weighted by Gasteiger charge is 2.53. The van der Waals surface area contributed by atoms with E-state index in [0.717, 1.165) is 51.1 Å². The molecule has 6 atom stereocenters. The maximum absolute atomic E-state index is 11.8. The fourth-order valence-electron chi connectivity index (χ4n) is 6.29. The molecule has 3 N–H and O–H groups in total. The summed E-state index contributed by atoms with van der Waals surface area (Å²) < 4.78 is 5.49. The molecule has 0 aromatic carbocycles. The van der Waals surface area contributed by atoms with Crippen molar-refractivity contribution in [2.24, 2.45) is 23.7 Å². The zero-order chi connectivity index (χ0) is 26.2. The minimum Gasteiger partial charge on any atom is -0.458 e. The van der Waals surface area contributed by atoms with Crippen LogP contribution in [0, 0.1) is 48.3 Å². The molecule has 9 heteroatoms. The lowest BCUT2D eigenvalue weighted by molar-refractivity contribution is -0.148. The van der Waals surface area contributed by atoms with Gasteiger partial charge in [0.2, 0.25) is 5.95 Å². The van der Waals surface area contributed by atoms with Gasteiger partial charge in [0.1, 0.15) is 23.6 Å². The molecule has 1 aromatic heterocycles. The Morgan fingerprint density at radius 2 is 2.00 bits per heavy atom. The van der Waals surface area contributed by atoms with E-state index in [-0.39, 0.29) is 23.6 Å². The Morgan fingerprint density at radius 3 is 2.61 bits per heavy atom. The molecule has 2 heterocycles. The van der Waals surface area contributed by atoms with Gasteiger partial charge in [0, 0.05) is 52.0 Å². The van der Waals surface area contributed by atoms with Crippen molar-refractivity contribution >= 4 is 17.7 Å². The van der Waals surface area contributed by atoms with Gasteiger partial charge in [0.25, 0.3) is 0 Å². The molecule has 0 bridgehead atoms. The number of aryl methyl sites for hydroxylation is 1. The van der Waals surface area contributed by atoms with E-state index in [0.29, 0.717) is 29.0 Å². The number of ether oxygens (including phenoxy) is 1. The van der Waals surface area contributed by atoms with Gasteiger partial charge in [0.15, 0.2) is 0 Å². The Morgan fingerprint density at radius 1 is 1.31 bits per heavy atom. The van der Waals surface area contributed by atoms with Gasteiger partial charge in [0.05, 0.1) is 11.3 Å². The van der Waals surface area contributed by atoms with E-state index in [1.165, 1.54) is 6.92 Å². The zero-order valence-corrected chi connectivity index (χ0v) is 22.1. The molecule has 1 saturated carbocycles. The van der Waals surface area contributed by atoms with Gasteiger partial charge in [-0.15, -0.1) is 0 Å². The molecular weight excluding hydrogens is 456 g/mol. The molecule has 1 saturated heterocycles. The van der Waals surface area contributed by atoms with Crippen LogP contribution in [0.5, 0.6) is 0 Å². The lowest BCUT2D eigenvalue weighted by atomic mass is 9.57. The van der Waals surface area contributed by atoms with Crippen LogP contribution >= 0.6 is 0 Å². The molecule has 2 fully saturated rings. The monoisotopic (exact) mass is 495 g/mol. The molecule has 0 amide bonds. The highest BCUT2D eigenvalue weighted by Crippen LogP contribution is 2.50. The zero-order valence-electron chi connectivity index (χ0n) is 22.1. The summed E-state index contributed by atoms with van der Waals surface area (Å²) in [5, 5.41) is 21.0. The number of nitrogens with zero attached hydrogens (tertiary/aromatic N) is 5. The van der Waals surface area contributed by atoms with Gasteiger partial charge in [-0.3, -0.25) is 9.69 Å². The number of anilines is 2. The molecule has 9 nitrogen and oxygen atoms in total. The normalized spacial score (nSPS) is 31.7. The number of aromatic nitrogens is 2. The summed E-state index contributed by atoms with van der Waals surface area (Å²) in [5.74, 6) is 1.36. The Hall–Kier alpha value is -2.70. The van der Waals surface area contributed by atoms with Crippen LogP contribution in [0.1, 0.15) is 51.8 Å². The third-order valence-corrected chi connectivity index (χ3v) is 8.47. The van der Waals surface area contributed by atoms with Crippen molar-refractivity contribution in [3.63, 3.8) is 0 Å². The topological polar surface area (TPSA) is 129 Å². The Bertz CT molecular complexity index is 1040. The van der Waals surface area contributed by atoms with E-state index >= 15 is 0 Å². The van der Waals surface area contributed by atoms with Crippen LogP contribution < -0.4 is 10.6 Å². The van der Waals surface area contributed by atoms with E-state index in [1.807, 2.05) is 13.3 Å². The van der Waals surface area contributed by atoms with Crippen molar-refractivity contribution in [3.8, 4) is 6.07 Å². The summed E-state index contributed by atoms with van der Waals surface area (Å²) >= 11 is 0. The lowest BCUT2D eigenvalue weighted by Gasteiger charge is -2.53. The van der Waals surface area contributed by atoms with Gasteiger partial charge in [-0.25, -0.2) is 4.98 Å². The first-order valence-corrected chi connectivity index (χ1v) is 13.0. The average Bonchev–Trinajstić information content (AvgIpc) is 2.81. The van der Waals surface area contributed by atoms with Crippen LogP contribution in [0.2, 0.25) is 0 Å². The number of nitrogen functional groups attached to an aromatic ring is 1. The number of nitriles is 1. The SMILES string of the molecule is CC(=O)O[C@@H]1[CH][C@@]2(O)[C@H](C)CC[C@@H](C(C)CN3CCN(c4nc(C)c(C#N)c(N)n4)CC3)[C@H]2C=C1C. The van der Waals surface area contributed by atoms with Crippen molar-refractivity contribution in [1.82, 2.24) is 14.9 Å². The van der Waals surface area contributed by atoms with Gasteiger partial charge in [-0.05, 0) is 50.0 Å². The Balaban J connectivity index is 1.41. The Labute approximate surface area is 214 Å². The molecule has 3 aliphatic rings. The molecular formula is C27H39N6O3. The highest BCUT2D eigenvalue weighted by atomic mass is 16.5. The summed E-state index contributed by atoms with van der Waals surface area (Å²) in [6.45, 7) is 13.9. The van der Waals surface area contributed by atoms with Crippen molar-refractivity contribution in [1.29, 1.82) is 5.26 Å². The molecule has 1 unspecified atom stereocenters. The van der Waals surface area contributed by atoms with Crippen molar-refractivity contribution in [2.75, 3.05) is 43.4 Å². The summed E-state index contributed by atoms with van der Waals surface area (Å²) in [7, 11) is 0. The smallest absolute Gasteiger partial charge is 0.303 e. The number of carbonyl (C=O) groups excluding carboxylic acids is 1. The second-order valence-corrected chi connectivity index (χ2v) is 10.9. The molecule has 1 aromatic rings. The summed E-state index contributed by atoms with van der Waals surface area (Å²) in [6, 6.07) is 2.07. The summed E-state index contributed by atoms with van der Waals surface area (Å²) in [5.41, 5.74) is 6.95. The fourth-order valence-corrected chi connectivity index (χ4v) is 6.29. The number of piperazine rings is 1. The van der Waals surface area contributed by atoms with Gasteiger partial charge in [-0.1, -0.05) is 19.9 Å². The lowest BCUT2D eigenvalue weighted by Crippen LogP contribution is -2.57. The molecule has 0 spiro atoms. The first kappa shape index (κ1) is 26.4. The van der Waals surface area contributed by atoms with E-state index in [2.05, 4.69) is 45.8 Å². The first-order valence-electron chi connectivity index (χ1n) is 13.0. The highest BCUT2D eigenvalue weighted by molar-refractivity contribution is 5.66. The molecule has 195 valence electrons. The van der Waals surface area contributed by atoms with Crippen molar-refractivity contribution in [2.45, 2.75) is 59.2 Å². The Kier molecular flexibility index (Phi) is 7.58.